The minimum absolute atomic E-state index is 0.00468. The molecule has 0 aromatic carbocycles. The maximum Gasteiger partial charge on any atom is 0.306 e. The van der Waals surface area contributed by atoms with Gasteiger partial charge in [0.05, 0.1) is 26.1 Å². The van der Waals surface area contributed by atoms with Crippen LogP contribution in [0.4, 0.5) is 0 Å². The highest BCUT2D eigenvalue weighted by Crippen LogP contribution is 2.15. The summed E-state index contributed by atoms with van der Waals surface area (Å²) in [5.74, 6) is -0.604. The van der Waals surface area contributed by atoms with E-state index in [1.54, 1.807) is 20.8 Å². The summed E-state index contributed by atoms with van der Waals surface area (Å²) in [5, 5.41) is 0. The van der Waals surface area contributed by atoms with Crippen LogP contribution in [0.1, 0.15) is 202 Å². The zero-order chi connectivity index (χ0) is 34.9. The van der Waals surface area contributed by atoms with Gasteiger partial charge in [0.15, 0.2) is 0 Å². The lowest BCUT2D eigenvalue weighted by Gasteiger charge is -2.23. The number of hydrogen-bond donors (Lipinski definition) is 0. The van der Waals surface area contributed by atoms with Gasteiger partial charge in [-0.15, -0.1) is 0 Å². The first-order valence-corrected chi connectivity index (χ1v) is 19.9. The van der Waals surface area contributed by atoms with Crippen molar-refractivity contribution < 1.29 is 28.6 Å². The first kappa shape index (κ1) is 45.4. The first-order valence-electron chi connectivity index (χ1n) is 19.9. The summed E-state index contributed by atoms with van der Waals surface area (Å²) < 4.78 is 16.1. The van der Waals surface area contributed by atoms with Gasteiger partial charge in [-0.25, -0.2) is 0 Å². The van der Waals surface area contributed by atoms with Crippen molar-refractivity contribution in [2.45, 2.75) is 207 Å². The molecule has 0 aliphatic rings. The molecule has 0 unspecified atom stereocenters. The van der Waals surface area contributed by atoms with Crippen LogP contribution in [-0.2, 0) is 28.6 Å². The largest absolute Gasteiger partial charge is 0.463 e. The Morgan fingerprint density at radius 2 is 0.894 bits per heavy atom. The number of carbonyl (C=O) groups excluding carboxylic acids is 3. The highest BCUT2D eigenvalue weighted by Gasteiger charge is 2.17. The van der Waals surface area contributed by atoms with E-state index in [1.807, 2.05) is 4.90 Å². The molecule has 0 heterocycles. The van der Waals surface area contributed by atoms with Crippen molar-refractivity contribution >= 4 is 17.8 Å². The van der Waals surface area contributed by atoms with E-state index in [1.165, 1.54) is 128 Å². The van der Waals surface area contributed by atoms with Crippen molar-refractivity contribution in [3.05, 3.63) is 0 Å². The van der Waals surface area contributed by atoms with Crippen LogP contribution in [0.2, 0.25) is 0 Å². The van der Waals surface area contributed by atoms with Gasteiger partial charge < -0.3 is 19.1 Å². The predicted octanol–water partition coefficient (Wildman–Crippen LogP) is 10.9. The summed E-state index contributed by atoms with van der Waals surface area (Å²) in [6, 6.07) is 0. The number of unbranched alkanes of at least 4 members (excludes halogenated alkanes) is 21. The molecule has 278 valence electrons. The Morgan fingerprint density at radius 3 is 1.36 bits per heavy atom. The topological polar surface area (TPSA) is 82.1 Å². The third kappa shape index (κ3) is 34.0. The van der Waals surface area contributed by atoms with Gasteiger partial charge in [0, 0.05) is 19.5 Å². The standard InChI is InChI=1S/C40H77NO6/c1-6-8-10-12-14-16-18-20-22-24-26-28-32-41(37(42)29-27-25-23-21-19-17-15-13-11-9-7-2)33-34-45-35-36-46-38(43)30-31-39(44)47-40(3,4)5/h6-36H2,1-5H3. The molecule has 0 radical (unpaired) electrons. The summed E-state index contributed by atoms with van der Waals surface area (Å²) in [7, 11) is 0. The van der Waals surface area contributed by atoms with Gasteiger partial charge in [0.2, 0.25) is 5.91 Å². The van der Waals surface area contributed by atoms with E-state index >= 15 is 0 Å². The Hall–Kier alpha value is -1.63. The molecule has 1 amide bonds. The van der Waals surface area contributed by atoms with Gasteiger partial charge in [-0.3, -0.25) is 14.4 Å². The minimum atomic E-state index is -0.565. The van der Waals surface area contributed by atoms with Crippen LogP contribution >= 0.6 is 0 Å². The molecule has 0 saturated heterocycles. The molecule has 0 bridgehead atoms. The molecule has 0 aromatic heterocycles. The average Bonchev–Trinajstić information content (AvgIpc) is 3.02. The van der Waals surface area contributed by atoms with Gasteiger partial charge >= 0.3 is 11.9 Å². The molecular formula is C40H77NO6. The molecule has 0 atom stereocenters. The second kappa shape index (κ2) is 32.9. The van der Waals surface area contributed by atoms with Crippen LogP contribution in [0.15, 0.2) is 0 Å². The van der Waals surface area contributed by atoms with Crippen LogP contribution in [-0.4, -0.2) is 61.3 Å². The SMILES string of the molecule is CCCCCCCCCCCCCCN(CCOCCOC(=O)CCC(=O)OC(C)(C)C)C(=O)CCCCCCCCCCCCC. The van der Waals surface area contributed by atoms with Crippen LogP contribution in [0.25, 0.3) is 0 Å². The molecule has 0 fully saturated rings. The summed E-state index contributed by atoms with van der Waals surface area (Å²) in [5.41, 5.74) is -0.565. The lowest BCUT2D eigenvalue weighted by molar-refractivity contribution is -0.158. The van der Waals surface area contributed by atoms with Gasteiger partial charge in [-0.1, -0.05) is 149 Å². The van der Waals surface area contributed by atoms with Crippen LogP contribution in [0.5, 0.6) is 0 Å². The number of esters is 2. The number of amides is 1. The molecule has 0 aliphatic heterocycles. The highest BCUT2D eigenvalue weighted by atomic mass is 16.6. The van der Waals surface area contributed by atoms with Gasteiger partial charge in [-0.2, -0.15) is 0 Å². The molecule has 0 N–H and O–H groups in total. The van der Waals surface area contributed by atoms with Gasteiger partial charge in [-0.05, 0) is 33.6 Å². The minimum Gasteiger partial charge on any atom is -0.463 e. The molecule has 47 heavy (non-hydrogen) atoms. The lowest BCUT2D eigenvalue weighted by Crippen LogP contribution is -2.35. The van der Waals surface area contributed by atoms with Crippen LogP contribution in [0.3, 0.4) is 0 Å². The van der Waals surface area contributed by atoms with Crippen molar-refractivity contribution in [3.8, 4) is 0 Å². The molecule has 7 heteroatoms. The van der Waals surface area contributed by atoms with E-state index in [4.69, 9.17) is 14.2 Å². The van der Waals surface area contributed by atoms with Gasteiger partial charge in [0.1, 0.15) is 12.2 Å². The first-order chi connectivity index (χ1) is 22.7. The van der Waals surface area contributed by atoms with Crippen molar-refractivity contribution in [3.63, 3.8) is 0 Å². The number of carbonyl (C=O) groups is 3. The third-order valence-corrected chi connectivity index (χ3v) is 8.58. The number of ether oxygens (including phenoxy) is 3. The summed E-state index contributed by atoms with van der Waals surface area (Å²) in [6.07, 6.45) is 30.3. The molecule has 7 nitrogen and oxygen atoms in total. The lowest BCUT2D eigenvalue weighted by atomic mass is 10.0. The molecule has 0 spiro atoms. The zero-order valence-corrected chi connectivity index (χ0v) is 31.8. The van der Waals surface area contributed by atoms with E-state index < -0.39 is 17.5 Å². The fraction of sp³-hybridized carbons (Fsp3) is 0.925. The predicted molar refractivity (Wildman–Crippen MR) is 196 cm³/mol. The Balaban J connectivity index is 4.26. The van der Waals surface area contributed by atoms with Crippen molar-refractivity contribution in [1.82, 2.24) is 4.90 Å². The quantitative estimate of drug-likeness (QED) is 0.0502. The Bertz CT molecular complexity index is 735. The maximum atomic E-state index is 13.1. The van der Waals surface area contributed by atoms with Crippen LogP contribution in [0, 0.1) is 0 Å². The summed E-state index contributed by atoms with van der Waals surface area (Å²) in [6.45, 7) is 12.1. The Morgan fingerprint density at radius 1 is 0.468 bits per heavy atom. The molecule has 0 rings (SSSR count). The molecule has 0 aromatic rings. The van der Waals surface area contributed by atoms with E-state index in [0.29, 0.717) is 19.6 Å². The molecule has 0 saturated carbocycles. The normalized spacial score (nSPS) is 11.5. The van der Waals surface area contributed by atoms with E-state index in [9.17, 15) is 14.4 Å². The Labute approximate surface area is 291 Å². The fourth-order valence-electron chi connectivity index (χ4n) is 5.76. The molecular weight excluding hydrogens is 590 g/mol. The zero-order valence-electron chi connectivity index (χ0n) is 31.8. The number of hydrogen-bond acceptors (Lipinski definition) is 6. The van der Waals surface area contributed by atoms with Crippen molar-refractivity contribution in [2.24, 2.45) is 0 Å². The number of nitrogens with zero attached hydrogens (tertiary/aromatic N) is 1. The second-order valence-electron chi connectivity index (χ2n) is 14.5. The van der Waals surface area contributed by atoms with Crippen molar-refractivity contribution in [1.29, 1.82) is 0 Å². The summed E-state index contributed by atoms with van der Waals surface area (Å²) >= 11 is 0. The third-order valence-electron chi connectivity index (χ3n) is 8.58. The highest BCUT2D eigenvalue weighted by molar-refractivity contribution is 5.77. The fourth-order valence-corrected chi connectivity index (χ4v) is 5.76. The summed E-state index contributed by atoms with van der Waals surface area (Å²) in [4.78, 5) is 38.8. The second-order valence-corrected chi connectivity index (χ2v) is 14.5. The smallest absolute Gasteiger partial charge is 0.306 e. The van der Waals surface area contributed by atoms with E-state index in [-0.39, 0.29) is 32.0 Å². The maximum absolute atomic E-state index is 13.1. The van der Waals surface area contributed by atoms with Crippen molar-refractivity contribution in [2.75, 3.05) is 32.9 Å². The van der Waals surface area contributed by atoms with E-state index in [2.05, 4.69) is 13.8 Å². The van der Waals surface area contributed by atoms with E-state index in [0.717, 1.165) is 25.8 Å². The number of rotatable bonds is 34. The monoisotopic (exact) mass is 668 g/mol. The van der Waals surface area contributed by atoms with Crippen LogP contribution < -0.4 is 0 Å². The molecule has 0 aliphatic carbocycles. The average molecular weight is 668 g/mol. The van der Waals surface area contributed by atoms with Gasteiger partial charge in [0.25, 0.3) is 0 Å². The Kier molecular flexibility index (Phi) is 31.8.